The van der Waals surface area contributed by atoms with Gasteiger partial charge in [-0.25, -0.2) is 14.8 Å². The van der Waals surface area contributed by atoms with Gasteiger partial charge in [0.05, 0.1) is 42.1 Å². The Morgan fingerprint density at radius 3 is 2.32 bits per heavy atom. The van der Waals surface area contributed by atoms with Crippen LogP contribution in [0.3, 0.4) is 0 Å². The molecule has 7 atom stereocenters. The van der Waals surface area contributed by atoms with Crippen molar-refractivity contribution >= 4 is 39.7 Å². The molecular weight excluding hydrogens is 801 g/mol. The standard InChI is InChI=1S/C48H54N8O7/c1-25(2)40(53-47(59)61-5)45(57)55-22-26(3)16-37(55)43-49-21-36(51-43)30-12-14-32-31(18-30)24-63-39-20-33-29(19-34(32)39)13-15-35-42(33)52-44(50-35)38-17-27(4)23-56(38)46(58)41(54-48(60)62-6)28-10-8-7-9-11-28/h7-15,18-21,25-27,37-38,40-41,48,54,60H,16-17,22-24H2,1-6H3,(H,49,51)(H,50,52)(H,53,59)/t26-,27-,37-,38-,40-,41+,48?/m0/s1. The zero-order chi connectivity index (χ0) is 44.1. The number of aliphatic hydroxyl groups is 1. The highest BCUT2D eigenvalue weighted by Crippen LogP contribution is 2.44. The predicted octanol–water partition coefficient (Wildman–Crippen LogP) is 7.12. The van der Waals surface area contributed by atoms with Gasteiger partial charge in [-0.2, -0.15) is 0 Å². The summed E-state index contributed by atoms with van der Waals surface area (Å²) >= 11 is 0. The minimum atomic E-state index is -1.32. The number of hydrogen-bond acceptors (Lipinski definition) is 10. The van der Waals surface area contributed by atoms with E-state index in [0.717, 1.165) is 73.9 Å². The molecule has 1 unspecified atom stereocenters. The Labute approximate surface area is 365 Å². The van der Waals surface area contributed by atoms with Gasteiger partial charge in [0.25, 0.3) is 0 Å². The first-order valence-corrected chi connectivity index (χ1v) is 21.7. The molecule has 3 amide bonds. The average molecular weight is 855 g/mol. The Bertz CT molecular complexity index is 2680. The van der Waals surface area contributed by atoms with E-state index in [1.807, 2.05) is 66.2 Å². The Hall–Kier alpha value is -6.29. The molecular formula is C48H54N8O7. The van der Waals surface area contributed by atoms with Crippen LogP contribution in [0, 0.1) is 17.8 Å². The van der Waals surface area contributed by atoms with Crippen molar-refractivity contribution in [1.82, 2.24) is 40.4 Å². The summed E-state index contributed by atoms with van der Waals surface area (Å²) in [6.45, 7) is 9.56. The van der Waals surface area contributed by atoms with Crippen molar-refractivity contribution in [2.24, 2.45) is 17.8 Å². The van der Waals surface area contributed by atoms with Crippen molar-refractivity contribution in [2.75, 3.05) is 27.3 Å². The summed E-state index contributed by atoms with van der Waals surface area (Å²) in [6.07, 6.45) is 1.36. The van der Waals surface area contributed by atoms with E-state index in [1.165, 1.54) is 14.2 Å². The van der Waals surface area contributed by atoms with Gasteiger partial charge in [-0.15, -0.1) is 0 Å². The summed E-state index contributed by atoms with van der Waals surface area (Å²) in [6, 6.07) is 21.9. The third-order valence-corrected chi connectivity index (χ3v) is 12.8. The Balaban J connectivity index is 0.970. The van der Waals surface area contributed by atoms with Crippen LogP contribution >= 0.6 is 0 Å². The average Bonchev–Trinajstić information content (AvgIpc) is 4.12. The second-order valence-corrected chi connectivity index (χ2v) is 17.6. The minimum Gasteiger partial charge on any atom is -0.488 e. The number of benzene rings is 4. The molecule has 3 aliphatic rings. The van der Waals surface area contributed by atoms with Crippen molar-refractivity contribution in [3.05, 3.63) is 102 Å². The lowest BCUT2D eigenvalue weighted by atomic mass is 9.92. The number of carbonyl (C=O) groups excluding carboxylic acids is 3. The van der Waals surface area contributed by atoms with E-state index in [2.05, 4.69) is 70.8 Å². The van der Waals surface area contributed by atoms with Gasteiger partial charge in [0, 0.05) is 31.1 Å². The van der Waals surface area contributed by atoms with E-state index in [-0.39, 0.29) is 41.7 Å². The van der Waals surface area contributed by atoms with Gasteiger partial charge in [-0.05, 0) is 82.5 Å². The zero-order valence-electron chi connectivity index (χ0n) is 36.3. The van der Waals surface area contributed by atoms with Crippen molar-refractivity contribution in [2.45, 2.75) is 77.7 Å². The molecule has 2 saturated heterocycles. The number of ether oxygens (including phenoxy) is 3. The number of rotatable bonds is 11. The molecule has 0 saturated carbocycles. The van der Waals surface area contributed by atoms with E-state index in [1.54, 1.807) is 0 Å². The number of aromatic amines is 2. The molecule has 15 nitrogen and oxygen atoms in total. The van der Waals surface area contributed by atoms with Crippen LogP contribution in [0.1, 0.15) is 81.4 Å². The number of hydrogen-bond donors (Lipinski definition) is 5. The third-order valence-electron chi connectivity index (χ3n) is 12.8. The third kappa shape index (κ3) is 8.00. The molecule has 9 rings (SSSR count). The molecule has 0 bridgehead atoms. The topological polar surface area (TPSA) is 187 Å². The summed E-state index contributed by atoms with van der Waals surface area (Å²) < 4.78 is 16.3. The molecule has 2 fully saturated rings. The van der Waals surface area contributed by atoms with Crippen molar-refractivity contribution in [3.8, 4) is 28.1 Å². The van der Waals surface area contributed by atoms with E-state index in [9.17, 15) is 19.5 Å². The smallest absolute Gasteiger partial charge is 0.407 e. The number of aliphatic hydroxyl groups excluding tert-OH is 1. The SMILES string of the molecule is COC(=O)N[C@H](C(=O)N1C[C@@H](C)C[C@H]1c1ncc(-c2ccc3c(c2)COc2cc4c(ccc5nc([C@@H]6C[C@H](C)CN6C(=O)[C@H](NC(O)OC)c6ccccc6)[nH]c54)cc2-3)[nH]1)C(C)C. The molecule has 0 spiro atoms. The molecule has 3 aliphatic heterocycles. The zero-order valence-corrected chi connectivity index (χ0v) is 36.3. The van der Waals surface area contributed by atoms with Crippen LogP contribution in [-0.4, -0.2) is 92.5 Å². The molecule has 328 valence electrons. The van der Waals surface area contributed by atoms with Gasteiger partial charge < -0.3 is 44.4 Å². The van der Waals surface area contributed by atoms with Gasteiger partial charge in [-0.1, -0.05) is 76.2 Å². The molecule has 5 N–H and O–H groups in total. The second kappa shape index (κ2) is 17.1. The number of imidazole rings is 2. The van der Waals surface area contributed by atoms with E-state index < -0.39 is 24.6 Å². The van der Waals surface area contributed by atoms with Gasteiger partial charge in [0.1, 0.15) is 36.1 Å². The molecule has 0 radical (unpaired) electrons. The highest BCUT2D eigenvalue weighted by atomic mass is 16.6. The fraction of sp³-hybridized carbons (Fsp3) is 0.396. The quantitative estimate of drug-likeness (QED) is 0.0841. The molecule has 5 heterocycles. The molecule has 0 aliphatic carbocycles. The molecule has 4 aromatic carbocycles. The first kappa shape index (κ1) is 42.0. The number of alkyl carbamates (subject to hydrolysis) is 1. The van der Waals surface area contributed by atoms with E-state index >= 15 is 0 Å². The minimum absolute atomic E-state index is 0.127. The highest BCUT2D eigenvalue weighted by molar-refractivity contribution is 6.07. The van der Waals surface area contributed by atoms with Gasteiger partial charge >= 0.3 is 6.09 Å². The number of nitrogens with one attached hydrogen (secondary N) is 4. The lowest BCUT2D eigenvalue weighted by Crippen LogP contribution is -2.51. The van der Waals surface area contributed by atoms with E-state index in [4.69, 9.17) is 24.2 Å². The number of H-pyrrole nitrogens is 2. The fourth-order valence-corrected chi connectivity index (χ4v) is 9.60. The van der Waals surface area contributed by atoms with Gasteiger partial charge in [-0.3, -0.25) is 14.9 Å². The first-order valence-electron chi connectivity index (χ1n) is 21.7. The summed E-state index contributed by atoms with van der Waals surface area (Å²) in [4.78, 5) is 60.8. The Kier molecular flexibility index (Phi) is 11.4. The predicted molar refractivity (Wildman–Crippen MR) is 237 cm³/mol. The normalized spacial score (nSPS) is 21.0. The Morgan fingerprint density at radius 1 is 0.873 bits per heavy atom. The van der Waals surface area contributed by atoms with Gasteiger partial charge in [0.2, 0.25) is 18.2 Å². The van der Waals surface area contributed by atoms with Crippen LogP contribution in [0.2, 0.25) is 0 Å². The van der Waals surface area contributed by atoms with Crippen LogP contribution in [-0.2, 0) is 25.7 Å². The maximum atomic E-state index is 14.3. The number of nitrogens with zero attached hydrogens (tertiary/aromatic N) is 4. The lowest BCUT2D eigenvalue weighted by molar-refractivity contribution is -0.143. The van der Waals surface area contributed by atoms with Gasteiger partial charge in [0.15, 0.2) is 0 Å². The monoisotopic (exact) mass is 854 g/mol. The van der Waals surface area contributed by atoms with Crippen LogP contribution in [0.5, 0.6) is 5.75 Å². The summed E-state index contributed by atoms with van der Waals surface area (Å²) in [5, 5.41) is 18.0. The van der Waals surface area contributed by atoms with Crippen LogP contribution < -0.4 is 15.4 Å². The molecule has 63 heavy (non-hydrogen) atoms. The number of fused-ring (bicyclic) bond motifs is 6. The number of carbonyl (C=O) groups is 3. The largest absolute Gasteiger partial charge is 0.488 e. The number of aromatic nitrogens is 4. The maximum Gasteiger partial charge on any atom is 0.407 e. The first-order chi connectivity index (χ1) is 30.4. The van der Waals surface area contributed by atoms with Crippen LogP contribution in [0.25, 0.3) is 44.2 Å². The molecule has 15 heteroatoms. The maximum absolute atomic E-state index is 14.3. The lowest BCUT2D eigenvalue weighted by Gasteiger charge is -2.30. The van der Waals surface area contributed by atoms with Crippen molar-refractivity contribution in [1.29, 1.82) is 0 Å². The molecule has 6 aromatic rings. The second-order valence-electron chi connectivity index (χ2n) is 17.6. The Morgan fingerprint density at radius 2 is 1.60 bits per heavy atom. The number of methoxy groups -OCH3 is 2. The van der Waals surface area contributed by atoms with Crippen molar-refractivity contribution < 1.29 is 33.7 Å². The molecule has 2 aromatic heterocycles. The van der Waals surface area contributed by atoms with Crippen molar-refractivity contribution in [3.63, 3.8) is 0 Å². The van der Waals surface area contributed by atoms with Crippen LogP contribution in [0.15, 0.2) is 79.0 Å². The summed E-state index contributed by atoms with van der Waals surface area (Å²) in [5.41, 5.74) is 7.32. The fourth-order valence-electron chi connectivity index (χ4n) is 9.60. The number of amides is 3. The van der Waals surface area contributed by atoms with Crippen LogP contribution in [0.4, 0.5) is 4.79 Å². The highest BCUT2D eigenvalue weighted by Gasteiger charge is 2.41. The van der Waals surface area contributed by atoms with E-state index in [0.29, 0.717) is 31.3 Å². The number of likely N-dealkylation sites (tertiary alicyclic amines) is 2. The summed E-state index contributed by atoms with van der Waals surface area (Å²) in [7, 11) is 2.68. The summed E-state index contributed by atoms with van der Waals surface area (Å²) in [5.74, 6) is 2.25.